The number of hydrogen-bond donors (Lipinski definition) is 0. The molecule has 144 valence electrons. The van der Waals surface area contributed by atoms with E-state index in [4.69, 9.17) is 0 Å². The molecule has 0 heterocycles. The number of hydrogen-bond acceptors (Lipinski definition) is 0. The summed E-state index contributed by atoms with van der Waals surface area (Å²) < 4.78 is 14.8. The molecule has 0 amide bonds. The molecule has 0 atom stereocenters. The molecule has 0 saturated heterocycles. The second-order valence-electron chi connectivity index (χ2n) is 7.74. The summed E-state index contributed by atoms with van der Waals surface area (Å²) in [5, 5.41) is 0. The number of rotatable bonds is 5. The van der Waals surface area contributed by atoms with Crippen LogP contribution in [0.15, 0.2) is 91.0 Å². The predicted molar refractivity (Wildman–Crippen MR) is 121 cm³/mol. The lowest BCUT2D eigenvalue weighted by Crippen LogP contribution is -1.92. The third-order valence-electron chi connectivity index (χ3n) is 5.44. The third-order valence-corrected chi connectivity index (χ3v) is 5.44. The fourth-order valence-corrected chi connectivity index (χ4v) is 3.57. The number of aryl methyl sites for hydroxylation is 4. The van der Waals surface area contributed by atoms with Crippen molar-refractivity contribution >= 4 is 0 Å². The monoisotopic (exact) mass is 380 g/mol. The van der Waals surface area contributed by atoms with Gasteiger partial charge < -0.3 is 0 Å². The molecular formula is C28H25F. The largest absolute Gasteiger partial charge is 0.206 e. The van der Waals surface area contributed by atoms with E-state index in [9.17, 15) is 4.39 Å². The SMILES string of the molecule is Cc1ccc(CCc2ccc(-c3ccc(-c4ccc(C)cc4)cc3F)cc2)cc1. The van der Waals surface area contributed by atoms with Crippen LogP contribution in [0.4, 0.5) is 4.39 Å². The highest BCUT2D eigenvalue weighted by Gasteiger charge is 2.08. The number of halogens is 1. The molecule has 0 unspecified atom stereocenters. The van der Waals surface area contributed by atoms with Gasteiger partial charge in [-0.05, 0) is 60.6 Å². The Labute approximate surface area is 172 Å². The summed E-state index contributed by atoms with van der Waals surface area (Å²) in [5.74, 6) is -0.185. The van der Waals surface area contributed by atoms with Crippen LogP contribution in [0.5, 0.6) is 0 Å². The van der Waals surface area contributed by atoms with Crippen LogP contribution in [-0.2, 0) is 12.8 Å². The van der Waals surface area contributed by atoms with Crippen LogP contribution in [-0.4, -0.2) is 0 Å². The van der Waals surface area contributed by atoms with Gasteiger partial charge in [-0.1, -0.05) is 96.1 Å². The minimum Gasteiger partial charge on any atom is -0.206 e. The average Bonchev–Trinajstić information content (AvgIpc) is 2.74. The van der Waals surface area contributed by atoms with Gasteiger partial charge in [0.2, 0.25) is 0 Å². The maximum absolute atomic E-state index is 14.8. The molecule has 1 heteroatoms. The standard InChI is InChI=1S/C28H25F/c1-20-3-7-22(8-4-20)9-10-23-11-15-25(16-12-23)27-18-17-26(19-28(27)29)24-13-5-21(2)6-14-24/h3-8,11-19H,9-10H2,1-2H3. The van der Waals surface area contributed by atoms with Crippen LogP contribution < -0.4 is 0 Å². The zero-order valence-electron chi connectivity index (χ0n) is 17.0. The van der Waals surface area contributed by atoms with E-state index in [2.05, 4.69) is 62.4 Å². The van der Waals surface area contributed by atoms with E-state index < -0.39 is 0 Å². The van der Waals surface area contributed by atoms with Crippen molar-refractivity contribution in [3.8, 4) is 22.3 Å². The van der Waals surface area contributed by atoms with E-state index in [1.54, 1.807) is 6.07 Å². The van der Waals surface area contributed by atoms with E-state index in [1.165, 1.54) is 22.3 Å². The first-order valence-electron chi connectivity index (χ1n) is 10.1. The van der Waals surface area contributed by atoms with Crippen molar-refractivity contribution in [2.24, 2.45) is 0 Å². The van der Waals surface area contributed by atoms with Crippen molar-refractivity contribution in [1.29, 1.82) is 0 Å². The highest BCUT2D eigenvalue weighted by molar-refractivity contribution is 5.71. The molecule has 0 aliphatic carbocycles. The summed E-state index contributed by atoms with van der Waals surface area (Å²) >= 11 is 0. The fourth-order valence-electron chi connectivity index (χ4n) is 3.57. The van der Waals surface area contributed by atoms with Crippen LogP contribution in [0.1, 0.15) is 22.3 Å². The quantitative estimate of drug-likeness (QED) is 0.335. The Hall–Kier alpha value is -3.19. The Bertz CT molecular complexity index is 1090. The molecule has 0 aliphatic rings. The second kappa shape index (κ2) is 8.45. The Balaban J connectivity index is 1.48. The van der Waals surface area contributed by atoms with Gasteiger partial charge in [0.15, 0.2) is 0 Å². The summed E-state index contributed by atoms with van der Waals surface area (Å²) in [6.07, 6.45) is 2.00. The van der Waals surface area contributed by atoms with Gasteiger partial charge in [0.25, 0.3) is 0 Å². The lowest BCUT2D eigenvalue weighted by Gasteiger charge is -2.09. The van der Waals surface area contributed by atoms with Gasteiger partial charge in [0, 0.05) is 5.56 Å². The van der Waals surface area contributed by atoms with E-state index in [-0.39, 0.29) is 5.82 Å². The first kappa shape index (κ1) is 19.1. The molecule has 0 fully saturated rings. The van der Waals surface area contributed by atoms with Crippen molar-refractivity contribution in [3.05, 3.63) is 119 Å². The maximum atomic E-state index is 14.8. The van der Waals surface area contributed by atoms with Gasteiger partial charge >= 0.3 is 0 Å². The third kappa shape index (κ3) is 4.63. The van der Waals surface area contributed by atoms with Gasteiger partial charge in [-0.3, -0.25) is 0 Å². The highest BCUT2D eigenvalue weighted by Crippen LogP contribution is 2.28. The summed E-state index contributed by atoms with van der Waals surface area (Å²) in [4.78, 5) is 0. The van der Waals surface area contributed by atoms with Crippen LogP contribution in [0.2, 0.25) is 0 Å². The molecule has 0 saturated carbocycles. The van der Waals surface area contributed by atoms with Crippen molar-refractivity contribution in [1.82, 2.24) is 0 Å². The summed E-state index contributed by atoms with van der Waals surface area (Å²) in [6, 6.07) is 30.6. The predicted octanol–water partition coefficient (Wildman–Crippen LogP) is 7.56. The summed E-state index contributed by atoms with van der Waals surface area (Å²) in [6.45, 7) is 4.16. The first-order valence-corrected chi connectivity index (χ1v) is 10.1. The zero-order valence-corrected chi connectivity index (χ0v) is 17.0. The fraction of sp³-hybridized carbons (Fsp3) is 0.143. The van der Waals surface area contributed by atoms with E-state index >= 15 is 0 Å². The lowest BCUT2D eigenvalue weighted by molar-refractivity contribution is 0.632. The van der Waals surface area contributed by atoms with E-state index in [0.717, 1.165) is 29.5 Å². The molecule has 4 aromatic carbocycles. The van der Waals surface area contributed by atoms with Gasteiger partial charge in [0.1, 0.15) is 5.82 Å². The number of benzene rings is 4. The van der Waals surface area contributed by atoms with Crippen molar-refractivity contribution in [2.75, 3.05) is 0 Å². The zero-order chi connectivity index (χ0) is 20.2. The van der Waals surface area contributed by atoms with E-state index in [0.29, 0.717) is 5.56 Å². The Morgan fingerprint density at radius 1 is 0.517 bits per heavy atom. The van der Waals surface area contributed by atoms with Crippen LogP contribution in [0.3, 0.4) is 0 Å². The Morgan fingerprint density at radius 2 is 0.966 bits per heavy atom. The minimum atomic E-state index is -0.185. The molecule has 4 aromatic rings. The highest BCUT2D eigenvalue weighted by atomic mass is 19.1. The summed E-state index contributed by atoms with van der Waals surface area (Å²) in [5.41, 5.74) is 8.60. The minimum absolute atomic E-state index is 0.185. The first-order chi connectivity index (χ1) is 14.1. The molecule has 0 N–H and O–H groups in total. The van der Waals surface area contributed by atoms with Crippen molar-refractivity contribution < 1.29 is 4.39 Å². The van der Waals surface area contributed by atoms with E-state index in [1.807, 2.05) is 36.4 Å². The Morgan fingerprint density at radius 3 is 1.52 bits per heavy atom. The Kier molecular flexibility index (Phi) is 5.57. The molecule has 4 rings (SSSR count). The maximum Gasteiger partial charge on any atom is 0.131 e. The molecule has 0 aromatic heterocycles. The second-order valence-corrected chi connectivity index (χ2v) is 7.74. The van der Waals surface area contributed by atoms with Crippen molar-refractivity contribution in [3.63, 3.8) is 0 Å². The normalized spacial score (nSPS) is 10.9. The van der Waals surface area contributed by atoms with Crippen LogP contribution in [0.25, 0.3) is 22.3 Å². The molecular weight excluding hydrogens is 355 g/mol. The topological polar surface area (TPSA) is 0 Å². The van der Waals surface area contributed by atoms with Crippen molar-refractivity contribution in [2.45, 2.75) is 26.7 Å². The van der Waals surface area contributed by atoms with Crippen LogP contribution >= 0.6 is 0 Å². The smallest absolute Gasteiger partial charge is 0.131 e. The molecule has 0 aliphatic heterocycles. The average molecular weight is 381 g/mol. The molecule has 29 heavy (non-hydrogen) atoms. The summed E-state index contributed by atoms with van der Waals surface area (Å²) in [7, 11) is 0. The molecule has 0 bridgehead atoms. The van der Waals surface area contributed by atoms with Gasteiger partial charge in [0.05, 0.1) is 0 Å². The van der Waals surface area contributed by atoms with Gasteiger partial charge in [-0.25, -0.2) is 4.39 Å². The van der Waals surface area contributed by atoms with Crippen LogP contribution in [0, 0.1) is 19.7 Å². The molecule has 0 nitrogen and oxygen atoms in total. The molecule has 0 radical (unpaired) electrons. The van der Waals surface area contributed by atoms with Gasteiger partial charge in [-0.2, -0.15) is 0 Å². The lowest BCUT2D eigenvalue weighted by atomic mass is 9.97. The molecule has 0 spiro atoms. The van der Waals surface area contributed by atoms with Gasteiger partial charge in [-0.15, -0.1) is 0 Å².